The molecule has 0 aliphatic rings. The van der Waals surface area contributed by atoms with E-state index in [4.69, 9.17) is 9.05 Å². The second-order valence-corrected chi connectivity index (χ2v) is 18.5. The summed E-state index contributed by atoms with van der Waals surface area (Å²) >= 11 is 0. The zero-order chi connectivity index (χ0) is 42.1. The van der Waals surface area contributed by atoms with Gasteiger partial charge >= 0.3 is 0 Å². The summed E-state index contributed by atoms with van der Waals surface area (Å²) in [6, 6.07) is -0.909. The van der Waals surface area contributed by atoms with Gasteiger partial charge in [0.25, 0.3) is 7.82 Å². The van der Waals surface area contributed by atoms with Crippen molar-refractivity contribution in [3.8, 4) is 0 Å². The summed E-state index contributed by atoms with van der Waals surface area (Å²) in [5, 5.41) is 13.8. The van der Waals surface area contributed by atoms with Gasteiger partial charge in [0.1, 0.15) is 13.2 Å². The number of phosphoric acid groups is 1. The summed E-state index contributed by atoms with van der Waals surface area (Å²) < 4.78 is 23.2. The Morgan fingerprint density at radius 2 is 1.04 bits per heavy atom. The monoisotopic (exact) mass is 823 g/mol. The number of hydrogen-bond acceptors (Lipinski definition) is 6. The number of unbranched alkanes of at least 4 members (excludes halogenated alkanes) is 24. The summed E-state index contributed by atoms with van der Waals surface area (Å²) in [6.45, 7) is 4.58. The van der Waals surface area contributed by atoms with Crippen LogP contribution >= 0.6 is 7.82 Å². The van der Waals surface area contributed by atoms with E-state index >= 15 is 0 Å². The standard InChI is InChI=1S/C48H91N2O6P/c1-6-8-10-12-14-16-18-20-22-23-24-25-26-28-29-31-33-35-37-39-41-47(51)46(45-56-57(53,54)55-44-43-50(3,4)5)49-48(52)42-40-38-36-34-32-30-27-21-19-17-15-13-11-9-7-2/h15,17,19,21,31,33,39,41,46-47,51H,6-14,16,18,20,22-30,32,34-38,40,42-45H2,1-5H3,(H-,49,52,53,54)/b17-15-,21-19-,33-31+,41-39+. The number of quaternary nitrogens is 1. The smallest absolute Gasteiger partial charge is 0.268 e. The number of nitrogens with zero attached hydrogens (tertiary/aromatic N) is 1. The first kappa shape index (κ1) is 55.5. The molecule has 2 N–H and O–H groups in total. The lowest BCUT2D eigenvalue weighted by atomic mass is 10.0. The van der Waals surface area contributed by atoms with Gasteiger partial charge in [-0.1, -0.05) is 184 Å². The average molecular weight is 823 g/mol. The van der Waals surface area contributed by atoms with Gasteiger partial charge in [0.15, 0.2) is 0 Å². The van der Waals surface area contributed by atoms with Crippen molar-refractivity contribution in [2.75, 3.05) is 40.9 Å². The lowest BCUT2D eigenvalue weighted by molar-refractivity contribution is -0.870. The minimum Gasteiger partial charge on any atom is -0.756 e. The third kappa shape index (κ3) is 42.4. The highest BCUT2D eigenvalue weighted by Crippen LogP contribution is 2.38. The number of hydrogen-bond donors (Lipinski definition) is 2. The molecular weight excluding hydrogens is 732 g/mol. The second-order valence-electron chi connectivity index (χ2n) is 17.1. The van der Waals surface area contributed by atoms with Crippen molar-refractivity contribution in [3.05, 3.63) is 48.6 Å². The van der Waals surface area contributed by atoms with Crippen LogP contribution in [0.25, 0.3) is 0 Å². The van der Waals surface area contributed by atoms with Gasteiger partial charge in [0.2, 0.25) is 5.91 Å². The van der Waals surface area contributed by atoms with E-state index in [2.05, 4.69) is 55.6 Å². The molecular formula is C48H91N2O6P. The lowest BCUT2D eigenvalue weighted by Crippen LogP contribution is -2.45. The Balaban J connectivity index is 4.45. The van der Waals surface area contributed by atoms with Gasteiger partial charge in [-0.2, -0.15) is 0 Å². The quantitative estimate of drug-likeness (QED) is 0.0209. The SMILES string of the molecule is CCCCC/C=C\C=C/CCCCCCCCC(=O)NC(COP(=O)([O-])OCC[N+](C)(C)C)C(O)/C=C/CC/C=C/CCCCCCCCCCCCCCCC. The number of allylic oxidation sites excluding steroid dienone is 7. The molecule has 0 aliphatic carbocycles. The van der Waals surface area contributed by atoms with Gasteiger partial charge in [-0.15, -0.1) is 0 Å². The van der Waals surface area contributed by atoms with Crippen LogP contribution in [0.15, 0.2) is 48.6 Å². The minimum absolute atomic E-state index is 0.0100. The molecule has 0 fully saturated rings. The highest BCUT2D eigenvalue weighted by atomic mass is 31.2. The van der Waals surface area contributed by atoms with Crippen molar-refractivity contribution in [3.63, 3.8) is 0 Å². The van der Waals surface area contributed by atoms with Gasteiger partial charge < -0.3 is 28.8 Å². The first-order chi connectivity index (χ1) is 27.5. The molecule has 0 aromatic rings. The summed E-state index contributed by atoms with van der Waals surface area (Å²) in [5.74, 6) is -0.220. The zero-order valence-electron chi connectivity index (χ0n) is 37.8. The van der Waals surface area contributed by atoms with Crippen LogP contribution in [-0.4, -0.2) is 68.5 Å². The van der Waals surface area contributed by atoms with Crippen molar-refractivity contribution in [2.45, 2.75) is 212 Å². The number of aliphatic hydroxyl groups is 1. The van der Waals surface area contributed by atoms with E-state index in [0.717, 1.165) is 57.8 Å². The molecule has 3 unspecified atom stereocenters. The van der Waals surface area contributed by atoms with Crippen LogP contribution in [0.3, 0.4) is 0 Å². The number of phosphoric ester groups is 1. The predicted molar refractivity (Wildman–Crippen MR) is 242 cm³/mol. The lowest BCUT2D eigenvalue weighted by Gasteiger charge is -2.29. The molecule has 3 atom stereocenters. The van der Waals surface area contributed by atoms with Crippen LogP contribution in [0.2, 0.25) is 0 Å². The third-order valence-electron chi connectivity index (χ3n) is 10.3. The normalized spacial score (nSPS) is 14.7. The molecule has 1 amide bonds. The van der Waals surface area contributed by atoms with Gasteiger partial charge in [-0.05, 0) is 57.8 Å². The highest BCUT2D eigenvalue weighted by molar-refractivity contribution is 7.45. The molecule has 0 saturated heterocycles. The fraction of sp³-hybridized carbons (Fsp3) is 0.812. The van der Waals surface area contributed by atoms with E-state index in [0.29, 0.717) is 17.4 Å². The number of rotatable bonds is 42. The van der Waals surface area contributed by atoms with Crippen molar-refractivity contribution >= 4 is 13.7 Å². The van der Waals surface area contributed by atoms with Gasteiger partial charge in [-0.25, -0.2) is 0 Å². The van der Waals surface area contributed by atoms with Crippen LogP contribution in [0.1, 0.15) is 200 Å². The molecule has 0 radical (unpaired) electrons. The number of aliphatic hydroxyl groups excluding tert-OH is 1. The highest BCUT2D eigenvalue weighted by Gasteiger charge is 2.23. The fourth-order valence-corrected chi connectivity index (χ4v) is 7.23. The van der Waals surface area contributed by atoms with E-state index in [-0.39, 0.29) is 12.5 Å². The number of carbonyl (C=O) groups is 1. The molecule has 0 heterocycles. The molecule has 334 valence electrons. The Morgan fingerprint density at radius 3 is 1.56 bits per heavy atom. The Morgan fingerprint density at radius 1 is 0.614 bits per heavy atom. The van der Waals surface area contributed by atoms with E-state index in [9.17, 15) is 19.4 Å². The van der Waals surface area contributed by atoms with E-state index in [1.807, 2.05) is 27.2 Å². The Kier molecular flexibility index (Phi) is 38.8. The Labute approximate surface area is 352 Å². The zero-order valence-corrected chi connectivity index (χ0v) is 38.7. The molecule has 0 aromatic heterocycles. The minimum atomic E-state index is -4.60. The number of likely N-dealkylation sites (N-methyl/N-ethyl adjacent to an activating group) is 1. The van der Waals surface area contributed by atoms with Crippen molar-refractivity contribution in [1.29, 1.82) is 0 Å². The van der Waals surface area contributed by atoms with Crippen LogP contribution in [0, 0.1) is 0 Å². The van der Waals surface area contributed by atoms with E-state index < -0.39 is 26.6 Å². The maximum Gasteiger partial charge on any atom is 0.268 e. The summed E-state index contributed by atoms with van der Waals surface area (Å²) in [4.78, 5) is 25.3. The van der Waals surface area contributed by atoms with E-state index in [1.165, 1.54) is 122 Å². The van der Waals surface area contributed by atoms with Gasteiger partial charge in [0, 0.05) is 6.42 Å². The Hall–Kier alpha value is -1.54. The van der Waals surface area contributed by atoms with Crippen LogP contribution < -0.4 is 10.2 Å². The number of nitrogens with one attached hydrogen (secondary N) is 1. The predicted octanol–water partition coefficient (Wildman–Crippen LogP) is 12.6. The van der Waals surface area contributed by atoms with Crippen LogP contribution in [-0.2, 0) is 18.4 Å². The van der Waals surface area contributed by atoms with Gasteiger partial charge in [0.05, 0.1) is 39.9 Å². The average Bonchev–Trinajstić information content (AvgIpc) is 3.16. The molecule has 9 heteroatoms. The fourth-order valence-electron chi connectivity index (χ4n) is 6.51. The first-order valence-electron chi connectivity index (χ1n) is 23.5. The first-order valence-corrected chi connectivity index (χ1v) is 25.0. The molecule has 8 nitrogen and oxygen atoms in total. The molecule has 0 saturated carbocycles. The summed E-state index contributed by atoms with van der Waals surface area (Å²) in [5.41, 5.74) is 0. The van der Waals surface area contributed by atoms with Crippen LogP contribution in [0.5, 0.6) is 0 Å². The molecule has 0 aliphatic heterocycles. The maximum atomic E-state index is 12.9. The molecule has 0 bridgehead atoms. The topological polar surface area (TPSA) is 108 Å². The number of carbonyl (C=O) groups excluding carboxylic acids is 1. The summed E-state index contributed by atoms with van der Waals surface area (Å²) in [7, 11) is 1.23. The largest absolute Gasteiger partial charge is 0.756 e. The Bertz CT molecular complexity index is 1070. The molecule has 0 aromatic carbocycles. The maximum absolute atomic E-state index is 12.9. The molecule has 57 heavy (non-hydrogen) atoms. The van der Waals surface area contributed by atoms with Crippen molar-refractivity contribution in [1.82, 2.24) is 5.32 Å². The second kappa shape index (κ2) is 39.9. The van der Waals surface area contributed by atoms with Crippen molar-refractivity contribution < 1.29 is 32.9 Å². The summed E-state index contributed by atoms with van der Waals surface area (Å²) in [6.07, 6.45) is 50.2. The van der Waals surface area contributed by atoms with E-state index in [1.54, 1.807) is 6.08 Å². The molecule has 0 rings (SSSR count). The van der Waals surface area contributed by atoms with Crippen LogP contribution in [0.4, 0.5) is 0 Å². The molecule has 0 spiro atoms. The third-order valence-corrected chi connectivity index (χ3v) is 11.3. The van der Waals surface area contributed by atoms with Crippen molar-refractivity contribution in [2.24, 2.45) is 0 Å². The van der Waals surface area contributed by atoms with Gasteiger partial charge in [-0.3, -0.25) is 9.36 Å². The number of amides is 1.